The Morgan fingerprint density at radius 2 is 0.985 bits per heavy atom. The molecule has 0 aliphatic heterocycles. The van der Waals surface area contributed by atoms with Gasteiger partial charge in [-0.2, -0.15) is 0 Å². The molecule has 10 aromatic carbocycles. The molecule has 0 spiro atoms. The van der Waals surface area contributed by atoms with Crippen molar-refractivity contribution >= 4 is 149 Å². The minimum Gasteiger partial charge on any atom is -0.308 e. The number of rotatable bonds is 5. The van der Waals surface area contributed by atoms with Crippen molar-refractivity contribution < 1.29 is 0 Å². The fraction of sp³-hybridized carbons (Fsp3) is 0.0333. The summed E-state index contributed by atoms with van der Waals surface area (Å²) in [5, 5.41) is 15.0. The normalized spacial score (nSPS) is 12.9. The second kappa shape index (κ2) is 14.8. The third-order valence-corrected chi connectivity index (χ3v) is 16.8. The zero-order valence-corrected chi connectivity index (χ0v) is 38.2. The molecule has 14 rings (SSSR count). The predicted octanol–water partition coefficient (Wildman–Crippen LogP) is 17.6. The van der Waals surface area contributed by atoms with E-state index in [-0.39, 0.29) is 0 Å². The topological polar surface area (TPSA) is 29.6 Å². The van der Waals surface area contributed by atoms with Gasteiger partial charge < -0.3 is 4.57 Å². The van der Waals surface area contributed by atoms with Gasteiger partial charge in [-0.3, -0.25) is 4.99 Å². The number of fused-ring (bicyclic) bond motifs is 15. The third kappa shape index (κ3) is 5.92. The second-order valence-corrected chi connectivity index (χ2v) is 20.5. The molecule has 14 aromatic rings. The van der Waals surface area contributed by atoms with Crippen molar-refractivity contribution in [2.45, 2.75) is 13.5 Å². The molecule has 0 fully saturated rings. The Hall–Kier alpha value is -7.48. The van der Waals surface area contributed by atoms with Crippen LogP contribution in [0.5, 0.6) is 0 Å². The zero-order chi connectivity index (χ0) is 43.5. The van der Waals surface area contributed by atoms with Crippen LogP contribution in [0.3, 0.4) is 0 Å². The van der Waals surface area contributed by atoms with Crippen LogP contribution < -0.4 is 0 Å². The van der Waals surface area contributed by atoms with Crippen LogP contribution in [0.15, 0.2) is 204 Å². The van der Waals surface area contributed by atoms with Crippen LogP contribution in [-0.2, 0) is 6.54 Å². The van der Waals surface area contributed by atoms with E-state index >= 15 is 0 Å². The van der Waals surface area contributed by atoms with Crippen LogP contribution in [0, 0.1) is 0 Å². The summed E-state index contributed by atoms with van der Waals surface area (Å²) >= 11 is 5.52. The second-order valence-electron chi connectivity index (χ2n) is 17.3. The van der Waals surface area contributed by atoms with Gasteiger partial charge in [0.1, 0.15) is 0 Å². The number of benzene rings is 10. The van der Waals surface area contributed by atoms with Crippen molar-refractivity contribution in [3.8, 4) is 5.69 Å². The van der Waals surface area contributed by atoms with Crippen LogP contribution in [-0.4, -0.2) is 16.1 Å². The highest BCUT2D eigenvalue weighted by Crippen LogP contribution is 2.43. The summed E-state index contributed by atoms with van der Waals surface area (Å²) in [6.45, 7) is 2.63. The summed E-state index contributed by atoms with van der Waals surface area (Å²) in [4.78, 5) is 11.3. The summed E-state index contributed by atoms with van der Waals surface area (Å²) < 4.78 is 10.1. The maximum absolute atomic E-state index is 5.65. The van der Waals surface area contributed by atoms with E-state index in [1.807, 2.05) is 34.0 Å². The standard InChI is InChI=1S/C60H37N3S3/c1-35(38-23-26-46-43-17-7-10-20-54(43)65-57(46)31-38)62-60(61-34-36-22-25-45-42-16-6-9-19-53(42)64-56(45)28-36)49-33-58-47(44-18-8-11-21-55(44)66-58)32-52(49)63-50-27-24-37-12-4-5-15-41(37)59(50)48-29-39-13-2-3-14-40(39)30-51(48)63/h2-33H,34H2,1H3. The Labute approximate surface area is 391 Å². The highest BCUT2D eigenvalue weighted by atomic mass is 32.1. The van der Waals surface area contributed by atoms with Gasteiger partial charge in [0, 0.05) is 82.6 Å². The molecule has 0 radical (unpaired) electrons. The van der Waals surface area contributed by atoms with Crippen molar-refractivity contribution in [2.24, 2.45) is 9.98 Å². The molecule has 0 saturated heterocycles. The lowest BCUT2D eigenvalue weighted by Crippen LogP contribution is -2.09. The molecule has 3 nitrogen and oxygen atoms in total. The maximum Gasteiger partial charge on any atom is 0.157 e. The molecular weight excluding hydrogens is 859 g/mol. The molecule has 0 bridgehead atoms. The monoisotopic (exact) mass is 895 g/mol. The lowest BCUT2D eigenvalue weighted by atomic mass is 10.0. The van der Waals surface area contributed by atoms with Crippen LogP contribution in [0.25, 0.3) is 110 Å². The molecular formula is C60H37N3S3. The predicted molar refractivity (Wildman–Crippen MR) is 290 cm³/mol. The van der Waals surface area contributed by atoms with Gasteiger partial charge in [0.05, 0.1) is 23.3 Å². The zero-order valence-electron chi connectivity index (χ0n) is 35.7. The third-order valence-electron chi connectivity index (χ3n) is 13.4. The molecule has 0 amide bonds. The Morgan fingerprint density at radius 1 is 0.424 bits per heavy atom. The molecule has 0 atom stereocenters. The number of amidine groups is 1. The number of nitrogens with zero attached hydrogens (tertiary/aromatic N) is 3. The van der Waals surface area contributed by atoms with Gasteiger partial charge >= 0.3 is 0 Å². The van der Waals surface area contributed by atoms with Gasteiger partial charge in [0.25, 0.3) is 0 Å². The minimum absolute atomic E-state index is 0.484. The van der Waals surface area contributed by atoms with Crippen molar-refractivity contribution in [2.75, 3.05) is 0 Å². The number of aromatic nitrogens is 1. The van der Waals surface area contributed by atoms with Gasteiger partial charge in [0.2, 0.25) is 0 Å². The fourth-order valence-corrected chi connectivity index (χ4v) is 13.7. The summed E-state index contributed by atoms with van der Waals surface area (Å²) in [6, 6.07) is 71.5. The van der Waals surface area contributed by atoms with E-state index in [9.17, 15) is 0 Å². The van der Waals surface area contributed by atoms with E-state index in [0.717, 1.165) is 39.1 Å². The average molecular weight is 896 g/mol. The first-order valence-corrected chi connectivity index (χ1v) is 24.8. The molecule has 6 heteroatoms. The molecule has 4 aromatic heterocycles. The van der Waals surface area contributed by atoms with Crippen molar-refractivity contribution in [3.05, 3.63) is 211 Å². The smallest absolute Gasteiger partial charge is 0.157 e. The molecule has 4 heterocycles. The Kier molecular flexibility index (Phi) is 8.47. The van der Waals surface area contributed by atoms with E-state index in [2.05, 4.69) is 206 Å². The lowest BCUT2D eigenvalue weighted by Gasteiger charge is -2.16. The first kappa shape index (κ1) is 37.9. The first-order valence-electron chi connectivity index (χ1n) is 22.3. The molecule has 0 saturated carbocycles. The van der Waals surface area contributed by atoms with Gasteiger partial charge in [-0.15, -0.1) is 34.0 Å². The van der Waals surface area contributed by atoms with E-state index in [0.29, 0.717) is 12.4 Å². The highest BCUT2D eigenvalue weighted by molar-refractivity contribution is 7.26. The maximum atomic E-state index is 5.65. The number of thiophene rings is 3. The largest absolute Gasteiger partial charge is 0.308 e. The quantitative estimate of drug-likeness (QED) is 0.122. The fourth-order valence-electron chi connectivity index (χ4n) is 10.2. The molecule has 0 aliphatic carbocycles. The molecule has 310 valence electrons. The summed E-state index contributed by atoms with van der Waals surface area (Å²) in [7, 11) is 0. The Morgan fingerprint density at radius 3 is 1.70 bits per heavy atom. The van der Waals surface area contributed by atoms with Crippen LogP contribution in [0.4, 0.5) is 0 Å². The minimum atomic E-state index is 0.484. The van der Waals surface area contributed by atoms with Crippen LogP contribution in [0.1, 0.15) is 23.6 Å². The average Bonchev–Trinajstić information content (AvgIpc) is 4.12. The lowest BCUT2D eigenvalue weighted by molar-refractivity contribution is 1.06. The number of hydrogen-bond donors (Lipinski definition) is 0. The highest BCUT2D eigenvalue weighted by Gasteiger charge is 2.22. The Bertz CT molecular complexity index is 4400. The van der Waals surface area contributed by atoms with E-state index in [4.69, 9.17) is 9.98 Å². The van der Waals surface area contributed by atoms with E-state index in [1.54, 1.807) is 0 Å². The number of hydrogen-bond acceptors (Lipinski definition) is 4. The van der Waals surface area contributed by atoms with Gasteiger partial charge in [-0.1, -0.05) is 133 Å². The van der Waals surface area contributed by atoms with Crippen LogP contribution >= 0.6 is 34.0 Å². The molecule has 0 aliphatic rings. The van der Waals surface area contributed by atoms with Crippen LogP contribution in [0.2, 0.25) is 0 Å². The number of aliphatic imine (C=N–C) groups is 2. The van der Waals surface area contributed by atoms with Crippen molar-refractivity contribution in [1.29, 1.82) is 0 Å². The summed E-state index contributed by atoms with van der Waals surface area (Å²) in [5.41, 5.74) is 7.55. The van der Waals surface area contributed by atoms with Gasteiger partial charge in [-0.05, 0) is 100 Å². The summed E-state index contributed by atoms with van der Waals surface area (Å²) in [6.07, 6.45) is 0. The van der Waals surface area contributed by atoms with Crippen molar-refractivity contribution in [3.63, 3.8) is 0 Å². The van der Waals surface area contributed by atoms with E-state index < -0.39 is 0 Å². The summed E-state index contributed by atoms with van der Waals surface area (Å²) in [5.74, 6) is 0.714. The van der Waals surface area contributed by atoms with Gasteiger partial charge in [-0.25, -0.2) is 4.99 Å². The molecule has 66 heavy (non-hydrogen) atoms. The van der Waals surface area contributed by atoms with Crippen molar-refractivity contribution in [1.82, 2.24) is 4.57 Å². The molecule has 0 N–H and O–H groups in total. The first-order chi connectivity index (χ1) is 32.6. The molecule has 0 unspecified atom stereocenters. The van der Waals surface area contributed by atoms with E-state index in [1.165, 1.54) is 92.8 Å². The Balaban J connectivity index is 1.05. The van der Waals surface area contributed by atoms with Gasteiger partial charge in [0.15, 0.2) is 5.84 Å². The SMILES string of the molecule is CC(=NC(=NCc1ccc2c(c1)sc1ccccc12)c1cc2sc3ccccc3c2cc1-n1c2cc3ccccc3cc2c2c3ccccc3ccc21)c1ccc2c(c1)sc1ccccc12.